The number of rotatable bonds is 2. The van der Waals surface area contributed by atoms with Gasteiger partial charge in [-0.25, -0.2) is 0 Å². The Labute approximate surface area is 71.9 Å². The second kappa shape index (κ2) is 3.39. The highest BCUT2D eigenvalue weighted by molar-refractivity contribution is 5.91. The third-order valence-electron chi connectivity index (χ3n) is 1.58. The summed E-state index contributed by atoms with van der Waals surface area (Å²) >= 11 is 0. The number of carbonyl (C=O) groups is 1. The molecule has 0 amide bonds. The normalized spacial score (nSPS) is 10.9. The summed E-state index contributed by atoms with van der Waals surface area (Å²) in [6.07, 6.45) is 3.31. The molecule has 0 unspecified atom stereocenters. The number of allylic oxidation sites excluding steroid dienone is 1. The third-order valence-corrected chi connectivity index (χ3v) is 1.58. The Balaban J connectivity index is 2.89. The highest BCUT2D eigenvalue weighted by Crippen LogP contribution is 2.14. The van der Waals surface area contributed by atoms with E-state index in [2.05, 4.69) is 0 Å². The smallest absolute Gasteiger partial charge is 0.152 e. The van der Waals surface area contributed by atoms with Crippen molar-refractivity contribution in [2.45, 2.75) is 20.8 Å². The molecule has 0 aliphatic heterocycles. The fourth-order valence-electron chi connectivity index (χ4n) is 1.02. The SMILES string of the molecule is CC(=O)/C=C/c1cc(C)oc1C. The van der Waals surface area contributed by atoms with Crippen molar-refractivity contribution < 1.29 is 9.21 Å². The van der Waals surface area contributed by atoms with Gasteiger partial charge >= 0.3 is 0 Å². The maximum absolute atomic E-state index is 10.6. The van der Waals surface area contributed by atoms with E-state index in [0.717, 1.165) is 17.1 Å². The molecule has 0 radical (unpaired) electrons. The largest absolute Gasteiger partial charge is 0.466 e. The van der Waals surface area contributed by atoms with Crippen LogP contribution in [0.2, 0.25) is 0 Å². The van der Waals surface area contributed by atoms with Gasteiger partial charge in [0, 0.05) is 5.56 Å². The van der Waals surface area contributed by atoms with Gasteiger partial charge in [-0.3, -0.25) is 4.79 Å². The van der Waals surface area contributed by atoms with Crippen LogP contribution in [-0.4, -0.2) is 5.78 Å². The van der Waals surface area contributed by atoms with Gasteiger partial charge in [-0.2, -0.15) is 0 Å². The Morgan fingerprint density at radius 3 is 2.58 bits per heavy atom. The summed E-state index contributed by atoms with van der Waals surface area (Å²) < 4.78 is 5.28. The van der Waals surface area contributed by atoms with E-state index in [1.807, 2.05) is 19.9 Å². The van der Waals surface area contributed by atoms with Crippen LogP contribution in [0.15, 0.2) is 16.6 Å². The summed E-state index contributed by atoms with van der Waals surface area (Å²) in [4.78, 5) is 10.6. The average Bonchev–Trinajstić information content (AvgIpc) is 2.26. The molecule has 1 aromatic heterocycles. The quantitative estimate of drug-likeness (QED) is 0.628. The summed E-state index contributed by atoms with van der Waals surface area (Å²) in [6.45, 7) is 5.30. The minimum atomic E-state index is 0.0493. The summed E-state index contributed by atoms with van der Waals surface area (Å²) in [5, 5.41) is 0. The number of ketones is 1. The van der Waals surface area contributed by atoms with Gasteiger partial charge in [0.2, 0.25) is 0 Å². The van der Waals surface area contributed by atoms with E-state index in [9.17, 15) is 4.79 Å². The van der Waals surface area contributed by atoms with E-state index >= 15 is 0 Å². The molecular formula is C10H12O2. The predicted octanol–water partition coefficient (Wildman–Crippen LogP) is 2.50. The molecule has 2 heteroatoms. The van der Waals surface area contributed by atoms with Gasteiger partial charge in [-0.1, -0.05) is 0 Å². The average molecular weight is 164 g/mol. The lowest BCUT2D eigenvalue weighted by atomic mass is 10.2. The van der Waals surface area contributed by atoms with Crippen molar-refractivity contribution in [3.05, 3.63) is 29.2 Å². The summed E-state index contributed by atoms with van der Waals surface area (Å²) in [5.74, 6) is 1.77. The molecular weight excluding hydrogens is 152 g/mol. The molecule has 2 nitrogen and oxygen atoms in total. The molecule has 0 N–H and O–H groups in total. The Kier molecular flexibility index (Phi) is 2.48. The van der Waals surface area contributed by atoms with Crippen molar-refractivity contribution in [1.29, 1.82) is 0 Å². The van der Waals surface area contributed by atoms with Gasteiger partial charge in [-0.15, -0.1) is 0 Å². The van der Waals surface area contributed by atoms with Gasteiger partial charge in [0.05, 0.1) is 0 Å². The fraction of sp³-hybridized carbons (Fsp3) is 0.300. The Morgan fingerprint density at radius 1 is 1.50 bits per heavy atom. The monoisotopic (exact) mass is 164 g/mol. The van der Waals surface area contributed by atoms with E-state index in [1.54, 1.807) is 6.08 Å². The van der Waals surface area contributed by atoms with E-state index < -0.39 is 0 Å². The zero-order valence-electron chi connectivity index (χ0n) is 7.55. The number of hydrogen-bond acceptors (Lipinski definition) is 2. The molecule has 0 fully saturated rings. The number of aryl methyl sites for hydroxylation is 2. The van der Waals surface area contributed by atoms with E-state index in [4.69, 9.17) is 4.42 Å². The van der Waals surface area contributed by atoms with E-state index in [0.29, 0.717) is 0 Å². The molecule has 0 saturated carbocycles. The van der Waals surface area contributed by atoms with Crippen LogP contribution in [0.5, 0.6) is 0 Å². The molecule has 0 aliphatic rings. The zero-order chi connectivity index (χ0) is 9.14. The van der Waals surface area contributed by atoms with Crippen LogP contribution >= 0.6 is 0 Å². The van der Waals surface area contributed by atoms with Crippen molar-refractivity contribution in [3.8, 4) is 0 Å². The van der Waals surface area contributed by atoms with Crippen LogP contribution < -0.4 is 0 Å². The van der Waals surface area contributed by atoms with Crippen molar-refractivity contribution in [2.75, 3.05) is 0 Å². The van der Waals surface area contributed by atoms with Crippen LogP contribution in [0.4, 0.5) is 0 Å². The van der Waals surface area contributed by atoms with Gasteiger partial charge in [0.15, 0.2) is 5.78 Å². The van der Waals surface area contributed by atoms with E-state index in [1.165, 1.54) is 13.0 Å². The van der Waals surface area contributed by atoms with Crippen molar-refractivity contribution in [2.24, 2.45) is 0 Å². The summed E-state index contributed by atoms with van der Waals surface area (Å²) in [7, 11) is 0. The Bertz CT molecular complexity index is 319. The first kappa shape index (κ1) is 8.78. The lowest BCUT2D eigenvalue weighted by Gasteiger charge is -1.85. The maximum atomic E-state index is 10.6. The first-order valence-electron chi connectivity index (χ1n) is 3.85. The first-order chi connectivity index (χ1) is 5.59. The minimum absolute atomic E-state index is 0.0493. The molecule has 0 aliphatic carbocycles. The van der Waals surface area contributed by atoms with Gasteiger partial charge in [-0.05, 0) is 39.0 Å². The second-order valence-corrected chi connectivity index (χ2v) is 2.81. The van der Waals surface area contributed by atoms with E-state index in [-0.39, 0.29) is 5.78 Å². The molecule has 0 aromatic carbocycles. The highest BCUT2D eigenvalue weighted by Gasteiger charge is 1.99. The predicted molar refractivity (Wildman–Crippen MR) is 47.9 cm³/mol. The lowest BCUT2D eigenvalue weighted by Crippen LogP contribution is -1.79. The van der Waals surface area contributed by atoms with Gasteiger partial charge in [0.1, 0.15) is 11.5 Å². The van der Waals surface area contributed by atoms with Crippen LogP contribution in [-0.2, 0) is 4.79 Å². The molecule has 0 atom stereocenters. The molecule has 0 spiro atoms. The molecule has 0 saturated heterocycles. The Morgan fingerprint density at radius 2 is 2.17 bits per heavy atom. The number of carbonyl (C=O) groups excluding carboxylic acids is 1. The minimum Gasteiger partial charge on any atom is -0.466 e. The Hall–Kier alpha value is -1.31. The maximum Gasteiger partial charge on any atom is 0.152 e. The van der Waals surface area contributed by atoms with Gasteiger partial charge in [0.25, 0.3) is 0 Å². The molecule has 64 valence electrons. The van der Waals surface area contributed by atoms with Crippen molar-refractivity contribution >= 4 is 11.9 Å². The van der Waals surface area contributed by atoms with Crippen molar-refractivity contribution in [1.82, 2.24) is 0 Å². The topological polar surface area (TPSA) is 30.2 Å². The second-order valence-electron chi connectivity index (χ2n) is 2.81. The molecule has 1 heterocycles. The van der Waals surface area contributed by atoms with Crippen molar-refractivity contribution in [3.63, 3.8) is 0 Å². The van der Waals surface area contributed by atoms with Crippen LogP contribution in [0.1, 0.15) is 24.0 Å². The van der Waals surface area contributed by atoms with Crippen LogP contribution in [0.25, 0.3) is 6.08 Å². The standard InChI is InChI=1S/C10H12O2/c1-7(11)4-5-10-6-8(2)12-9(10)3/h4-6H,1-3H3/b5-4+. The van der Waals surface area contributed by atoms with Crippen LogP contribution in [0.3, 0.4) is 0 Å². The molecule has 0 bridgehead atoms. The van der Waals surface area contributed by atoms with Gasteiger partial charge < -0.3 is 4.42 Å². The first-order valence-corrected chi connectivity index (χ1v) is 3.85. The molecule has 1 rings (SSSR count). The lowest BCUT2D eigenvalue weighted by molar-refractivity contribution is -0.112. The summed E-state index contributed by atoms with van der Waals surface area (Å²) in [5.41, 5.74) is 0.975. The number of furan rings is 1. The number of hydrogen-bond donors (Lipinski definition) is 0. The third kappa shape index (κ3) is 2.09. The zero-order valence-corrected chi connectivity index (χ0v) is 7.55. The van der Waals surface area contributed by atoms with Crippen LogP contribution in [0, 0.1) is 13.8 Å². The molecule has 12 heavy (non-hydrogen) atoms. The highest BCUT2D eigenvalue weighted by atomic mass is 16.3. The molecule has 1 aromatic rings. The fourth-order valence-corrected chi connectivity index (χ4v) is 1.02. The summed E-state index contributed by atoms with van der Waals surface area (Å²) in [6, 6.07) is 1.91.